The molecule has 0 aliphatic carbocycles. The molecule has 4 nitrogen and oxygen atoms in total. The molecule has 1 rings (SSSR count). The molecule has 1 aromatic rings. The van der Waals surface area contributed by atoms with Crippen LogP contribution in [0, 0.1) is 11.2 Å². The van der Waals surface area contributed by atoms with Gasteiger partial charge in [-0.3, -0.25) is 10.4 Å². The first kappa shape index (κ1) is 10.3. The number of aliphatic imine (C=N–C) groups is 1. The summed E-state index contributed by atoms with van der Waals surface area (Å²) < 4.78 is 12.8. The van der Waals surface area contributed by atoms with Gasteiger partial charge in [-0.25, -0.2) is 9.38 Å². The van der Waals surface area contributed by atoms with E-state index >= 15 is 0 Å². The zero-order valence-electron chi connectivity index (χ0n) is 7.79. The van der Waals surface area contributed by atoms with Crippen molar-refractivity contribution in [2.24, 2.45) is 4.99 Å². The Hall–Kier alpha value is -1.78. The van der Waals surface area contributed by atoms with Crippen molar-refractivity contribution in [3.63, 3.8) is 0 Å². The zero-order valence-corrected chi connectivity index (χ0v) is 7.79. The Balaban J connectivity index is 2.74. The number of nitrogens with zero attached hydrogens (tertiary/aromatic N) is 2. The van der Waals surface area contributed by atoms with Crippen LogP contribution in [-0.2, 0) is 0 Å². The Labute approximate surface area is 81.4 Å². The smallest absolute Gasteiger partial charge is 0.214 e. The van der Waals surface area contributed by atoms with Crippen LogP contribution < -0.4 is 5.32 Å². The van der Waals surface area contributed by atoms with E-state index in [-0.39, 0.29) is 12.0 Å². The molecule has 0 aromatic carbocycles. The van der Waals surface area contributed by atoms with Gasteiger partial charge in [0.2, 0.25) is 5.96 Å². The number of halogens is 1. The fourth-order valence-electron chi connectivity index (χ4n) is 0.999. The molecule has 1 heterocycles. The van der Waals surface area contributed by atoms with Gasteiger partial charge in [-0.15, -0.1) is 0 Å². The molecule has 0 fully saturated rings. The second-order valence-electron chi connectivity index (χ2n) is 2.81. The summed E-state index contributed by atoms with van der Waals surface area (Å²) in [5.74, 6) is -0.434. The largest absolute Gasteiger partial charge is 0.348 e. The van der Waals surface area contributed by atoms with Crippen LogP contribution in [0.1, 0.15) is 18.5 Å². The standard InChI is InChI=1S/C9H11FN4/c1-6(14-9(11)12-2)7-3-8(10)5-13-4-7/h3-6H,2H2,1H3,(H2,11,14). The van der Waals surface area contributed by atoms with Gasteiger partial charge in [-0.05, 0) is 25.3 Å². The molecule has 1 atom stereocenters. The second kappa shape index (κ2) is 4.45. The maximum absolute atomic E-state index is 12.8. The Bertz CT molecular complexity index is 350. The van der Waals surface area contributed by atoms with Gasteiger partial charge in [0.25, 0.3) is 0 Å². The summed E-state index contributed by atoms with van der Waals surface area (Å²) >= 11 is 0. The number of aromatic nitrogens is 1. The Morgan fingerprint density at radius 2 is 2.43 bits per heavy atom. The first-order chi connectivity index (χ1) is 6.63. The Morgan fingerprint density at radius 3 is 3.00 bits per heavy atom. The molecular formula is C9H11FN4. The maximum Gasteiger partial charge on any atom is 0.214 e. The number of hydrogen-bond donors (Lipinski definition) is 2. The summed E-state index contributed by atoms with van der Waals surface area (Å²) in [5, 5.41) is 9.94. The molecule has 0 spiro atoms. The lowest BCUT2D eigenvalue weighted by Gasteiger charge is -2.12. The van der Waals surface area contributed by atoms with Gasteiger partial charge >= 0.3 is 0 Å². The molecular weight excluding hydrogens is 183 g/mol. The summed E-state index contributed by atoms with van der Waals surface area (Å²) in [6.45, 7) is 4.99. The Kier molecular flexibility index (Phi) is 3.28. The highest BCUT2D eigenvalue weighted by Crippen LogP contribution is 2.11. The summed E-state index contributed by atoms with van der Waals surface area (Å²) in [5.41, 5.74) is 0.665. The topological polar surface area (TPSA) is 61.1 Å². The second-order valence-corrected chi connectivity index (χ2v) is 2.81. The van der Waals surface area contributed by atoms with E-state index in [0.29, 0.717) is 5.56 Å². The number of nitrogens with one attached hydrogen (secondary N) is 2. The van der Waals surface area contributed by atoms with Crippen molar-refractivity contribution in [2.75, 3.05) is 0 Å². The van der Waals surface area contributed by atoms with E-state index in [1.165, 1.54) is 12.3 Å². The van der Waals surface area contributed by atoms with Crippen LogP contribution in [0.25, 0.3) is 0 Å². The lowest BCUT2D eigenvalue weighted by molar-refractivity contribution is 0.609. The number of rotatable bonds is 2. The van der Waals surface area contributed by atoms with Gasteiger partial charge in [0.1, 0.15) is 5.82 Å². The van der Waals surface area contributed by atoms with Gasteiger partial charge < -0.3 is 5.32 Å². The third-order valence-electron chi connectivity index (χ3n) is 1.74. The van der Waals surface area contributed by atoms with Crippen LogP contribution in [0.5, 0.6) is 0 Å². The van der Waals surface area contributed by atoms with E-state index < -0.39 is 5.82 Å². The van der Waals surface area contributed by atoms with Crippen LogP contribution in [-0.4, -0.2) is 17.7 Å². The molecule has 2 N–H and O–H groups in total. The molecule has 14 heavy (non-hydrogen) atoms. The summed E-state index contributed by atoms with van der Waals surface area (Å²) in [7, 11) is 0. The molecule has 0 saturated carbocycles. The fourth-order valence-corrected chi connectivity index (χ4v) is 0.999. The average Bonchev–Trinajstić information content (AvgIpc) is 2.17. The molecule has 1 unspecified atom stereocenters. The molecule has 1 aromatic heterocycles. The first-order valence-corrected chi connectivity index (χ1v) is 4.05. The van der Waals surface area contributed by atoms with E-state index in [1.807, 2.05) is 0 Å². The van der Waals surface area contributed by atoms with Gasteiger partial charge in [0.15, 0.2) is 0 Å². The van der Waals surface area contributed by atoms with Crippen molar-refractivity contribution in [2.45, 2.75) is 13.0 Å². The minimum atomic E-state index is -0.394. The van der Waals surface area contributed by atoms with Crippen molar-refractivity contribution in [3.05, 3.63) is 29.8 Å². The van der Waals surface area contributed by atoms with E-state index in [1.54, 1.807) is 6.92 Å². The van der Waals surface area contributed by atoms with E-state index in [9.17, 15) is 4.39 Å². The van der Waals surface area contributed by atoms with Gasteiger partial charge in [-0.2, -0.15) is 0 Å². The highest BCUT2D eigenvalue weighted by atomic mass is 19.1. The van der Waals surface area contributed by atoms with Crippen molar-refractivity contribution in [1.82, 2.24) is 10.3 Å². The molecule has 0 radical (unpaired) electrons. The Morgan fingerprint density at radius 1 is 1.71 bits per heavy atom. The monoisotopic (exact) mass is 194 g/mol. The molecule has 0 aliphatic heterocycles. The third kappa shape index (κ3) is 2.62. The molecule has 0 aliphatic rings. The van der Waals surface area contributed by atoms with Crippen molar-refractivity contribution >= 4 is 12.7 Å². The minimum Gasteiger partial charge on any atom is -0.348 e. The van der Waals surface area contributed by atoms with E-state index in [2.05, 4.69) is 22.0 Å². The highest BCUT2D eigenvalue weighted by Gasteiger charge is 2.06. The van der Waals surface area contributed by atoms with Gasteiger partial charge in [0, 0.05) is 6.20 Å². The van der Waals surface area contributed by atoms with Crippen molar-refractivity contribution in [3.8, 4) is 0 Å². The third-order valence-corrected chi connectivity index (χ3v) is 1.74. The van der Waals surface area contributed by atoms with Gasteiger partial charge in [0.05, 0.1) is 12.2 Å². The van der Waals surface area contributed by atoms with Crippen molar-refractivity contribution in [1.29, 1.82) is 5.41 Å². The molecule has 0 amide bonds. The van der Waals surface area contributed by atoms with Crippen LogP contribution >= 0.6 is 0 Å². The molecule has 5 heteroatoms. The summed E-state index contributed by atoms with van der Waals surface area (Å²) in [6.07, 6.45) is 2.67. The first-order valence-electron chi connectivity index (χ1n) is 4.05. The van der Waals surface area contributed by atoms with Crippen LogP contribution in [0.4, 0.5) is 4.39 Å². The molecule has 0 saturated heterocycles. The fraction of sp³-hybridized carbons (Fsp3) is 0.222. The number of hydrogen-bond acceptors (Lipinski definition) is 2. The lowest BCUT2D eigenvalue weighted by Crippen LogP contribution is -2.24. The predicted octanol–water partition coefficient (Wildman–Crippen LogP) is 1.51. The van der Waals surface area contributed by atoms with E-state index in [0.717, 1.165) is 6.20 Å². The number of pyridine rings is 1. The van der Waals surface area contributed by atoms with Crippen LogP contribution in [0.2, 0.25) is 0 Å². The maximum atomic E-state index is 12.8. The van der Waals surface area contributed by atoms with E-state index in [4.69, 9.17) is 5.41 Å². The summed E-state index contributed by atoms with van der Waals surface area (Å²) in [6, 6.07) is 1.15. The lowest BCUT2D eigenvalue weighted by atomic mass is 10.1. The normalized spacial score (nSPS) is 11.9. The van der Waals surface area contributed by atoms with Crippen LogP contribution in [0.15, 0.2) is 23.5 Å². The van der Waals surface area contributed by atoms with Gasteiger partial charge in [-0.1, -0.05) is 0 Å². The molecule has 0 bridgehead atoms. The highest BCUT2D eigenvalue weighted by molar-refractivity contribution is 5.81. The SMILES string of the molecule is C=NC(=N)NC(C)c1cncc(F)c1. The average molecular weight is 194 g/mol. The van der Waals surface area contributed by atoms with Crippen molar-refractivity contribution < 1.29 is 4.39 Å². The summed E-state index contributed by atoms with van der Waals surface area (Å²) in [4.78, 5) is 7.09. The zero-order chi connectivity index (χ0) is 10.6. The minimum absolute atomic E-state index is 0.0400. The quantitative estimate of drug-likeness (QED) is 0.553. The molecule has 74 valence electrons. The van der Waals surface area contributed by atoms with Crippen LogP contribution in [0.3, 0.4) is 0 Å². The predicted molar refractivity (Wildman–Crippen MR) is 53.0 cm³/mol. The number of guanidine groups is 1.